The molecule has 3 rings (SSSR count). The Balaban J connectivity index is 1.67. The van der Waals surface area contributed by atoms with Crippen molar-refractivity contribution >= 4 is 32.2 Å². The summed E-state index contributed by atoms with van der Waals surface area (Å²) in [4.78, 5) is 0.0596. The summed E-state index contributed by atoms with van der Waals surface area (Å²) < 4.78 is 45.4. The number of hydrogen-bond donors (Lipinski definition) is 2. The predicted molar refractivity (Wildman–Crippen MR) is 92.3 cm³/mol. The minimum absolute atomic E-state index is 0.0596. The Labute approximate surface area is 147 Å². The van der Waals surface area contributed by atoms with E-state index in [0.717, 1.165) is 0 Å². The Morgan fingerprint density at radius 1 is 1.08 bits per heavy atom. The quantitative estimate of drug-likeness (QED) is 0.681. The van der Waals surface area contributed by atoms with Crippen molar-refractivity contribution in [1.29, 1.82) is 0 Å². The number of benzene rings is 2. The van der Waals surface area contributed by atoms with Crippen LogP contribution in [0.25, 0.3) is 0 Å². The van der Waals surface area contributed by atoms with Gasteiger partial charge in [0.1, 0.15) is 18.2 Å². The van der Waals surface area contributed by atoms with E-state index in [4.69, 9.17) is 10.5 Å². The molecule has 0 fully saturated rings. The Bertz CT molecular complexity index is 957. The maximum Gasteiger partial charge on any atom is 0.261 e. The lowest BCUT2D eigenvalue weighted by molar-refractivity contribution is 0.304. The van der Waals surface area contributed by atoms with Crippen LogP contribution < -0.4 is 15.2 Å². The molecule has 0 aliphatic heterocycles. The SMILES string of the molecule is Nc1nnc(COc2ccc(S(=O)(=O)Nc3ccc(F)cc3)cc2)s1. The van der Waals surface area contributed by atoms with Crippen LogP contribution in [0, 0.1) is 5.82 Å². The Hall–Kier alpha value is -2.72. The van der Waals surface area contributed by atoms with Crippen LogP contribution in [0.3, 0.4) is 0 Å². The van der Waals surface area contributed by atoms with Crippen LogP contribution in [0.15, 0.2) is 53.4 Å². The average molecular weight is 380 g/mol. The van der Waals surface area contributed by atoms with Crippen molar-refractivity contribution in [3.05, 3.63) is 59.4 Å². The maximum absolute atomic E-state index is 12.9. The highest BCUT2D eigenvalue weighted by Gasteiger charge is 2.14. The second kappa shape index (κ2) is 7.03. The van der Waals surface area contributed by atoms with E-state index in [0.29, 0.717) is 15.9 Å². The summed E-state index contributed by atoms with van der Waals surface area (Å²) in [6, 6.07) is 10.9. The van der Waals surface area contributed by atoms with Crippen molar-refractivity contribution in [2.45, 2.75) is 11.5 Å². The summed E-state index contributed by atoms with van der Waals surface area (Å²) in [6.07, 6.45) is 0. The summed E-state index contributed by atoms with van der Waals surface area (Å²) in [6.45, 7) is 0.189. The highest BCUT2D eigenvalue weighted by atomic mass is 32.2. The van der Waals surface area contributed by atoms with E-state index in [-0.39, 0.29) is 17.2 Å². The van der Waals surface area contributed by atoms with Gasteiger partial charge in [-0.3, -0.25) is 4.72 Å². The van der Waals surface area contributed by atoms with Crippen LogP contribution in [-0.2, 0) is 16.6 Å². The molecular formula is C15H13FN4O3S2. The number of nitrogen functional groups attached to an aromatic ring is 1. The van der Waals surface area contributed by atoms with Gasteiger partial charge >= 0.3 is 0 Å². The fraction of sp³-hybridized carbons (Fsp3) is 0.0667. The first-order valence-corrected chi connectivity index (χ1v) is 9.31. The average Bonchev–Trinajstić information content (AvgIpc) is 3.01. The van der Waals surface area contributed by atoms with Crippen LogP contribution in [0.1, 0.15) is 5.01 Å². The van der Waals surface area contributed by atoms with Crippen molar-refractivity contribution in [1.82, 2.24) is 10.2 Å². The zero-order chi connectivity index (χ0) is 17.9. The minimum Gasteiger partial charge on any atom is -0.486 e. The molecule has 0 spiro atoms. The molecule has 0 aliphatic carbocycles. The fourth-order valence-corrected chi connectivity index (χ4v) is 3.50. The van der Waals surface area contributed by atoms with E-state index >= 15 is 0 Å². The number of hydrogen-bond acceptors (Lipinski definition) is 7. The number of aromatic nitrogens is 2. The molecular weight excluding hydrogens is 367 g/mol. The van der Waals surface area contributed by atoms with Crippen LogP contribution in [0.2, 0.25) is 0 Å². The Kier molecular flexibility index (Phi) is 4.81. The van der Waals surface area contributed by atoms with Crippen molar-refractivity contribution < 1.29 is 17.5 Å². The lowest BCUT2D eigenvalue weighted by Crippen LogP contribution is -2.12. The number of sulfonamides is 1. The lowest BCUT2D eigenvalue weighted by Gasteiger charge is -2.09. The largest absolute Gasteiger partial charge is 0.486 e. The first-order valence-electron chi connectivity index (χ1n) is 7.01. The third kappa shape index (κ3) is 4.43. The molecule has 2 aromatic carbocycles. The molecule has 0 radical (unpaired) electrons. The molecule has 0 aliphatic rings. The van der Waals surface area contributed by atoms with E-state index < -0.39 is 15.8 Å². The highest BCUT2D eigenvalue weighted by Crippen LogP contribution is 2.21. The molecule has 0 unspecified atom stereocenters. The van der Waals surface area contributed by atoms with E-state index in [2.05, 4.69) is 14.9 Å². The van der Waals surface area contributed by atoms with Crippen molar-refractivity contribution in [2.75, 3.05) is 10.5 Å². The number of ether oxygens (including phenoxy) is 1. The van der Waals surface area contributed by atoms with Crippen molar-refractivity contribution in [2.24, 2.45) is 0 Å². The maximum atomic E-state index is 12.9. The smallest absolute Gasteiger partial charge is 0.261 e. The van der Waals surface area contributed by atoms with E-state index in [1.165, 1.54) is 59.9 Å². The van der Waals surface area contributed by atoms with E-state index in [1.807, 2.05) is 0 Å². The number of nitrogens with zero attached hydrogens (tertiary/aromatic N) is 2. The first kappa shape index (κ1) is 17.1. The molecule has 0 atom stereocenters. The Morgan fingerprint density at radius 2 is 1.76 bits per heavy atom. The third-order valence-electron chi connectivity index (χ3n) is 3.08. The predicted octanol–water partition coefficient (Wildman–Crippen LogP) is 2.64. The number of anilines is 2. The van der Waals surface area contributed by atoms with Crippen LogP contribution in [-0.4, -0.2) is 18.6 Å². The topological polar surface area (TPSA) is 107 Å². The molecule has 0 bridgehead atoms. The van der Waals surface area contributed by atoms with Crippen LogP contribution in [0.5, 0.6) is 5.75 Å². The molecule has 1 aromatic heterocycles. The molecule has 3 aromatic rings. The molecule has 1 heterocycles. The highest BCUT2D eigenvalue weighted by molar-refractivity contribution is 7.92. The summed E-state index contributed by atoms with van der Waals surface area (Å²) in [5.41, 5.74) is 5.76. The first-order chi connectivity index (χ1) is 11.9. The number of rotatable bonds is 6. The second-order valence-electron chi connectivity index (χ2n) is 4.91. The summed E-state index contributed by atoms with van der Waals surface area (Å²) in [7, 11) is -3.77. The van der Waals surface area contributed by atoms with E-state index in [1.54, 1.807) is 0 Å². The van der Waals surface area contributed by atoms with Gasteiger partial charge in [0, 0.05) is 5.69 Å². The molecule has 130 valence electrons. The normalized spacial score (nSPS) is 11.2. The van der Waals surface area contributed by atoms with Gasteiger partial charge in [0.05, 0.1) is 4.90 Å². The van der Waals surface area contributed by atoms with Gasteiger partial charge in [-0.1, -0.05) is 11.3 Å². The molecule has 7 nitrogen and oxygen atoms in total. The van der Waals surface area contributed by atoms with Gasteiger partial charge < -0.3 is 10.5 Å². The molecule has 10 heteroatoms. The van der Waals surface area contributed by atoms with Gasteiger partial charge in [-0.2, -0.15) is 0 Å². The Morgan fingerprint density at radius 3 is 2.36 bits per heavy atom. The number of halogens is 1. The zero-order valence-electron chi connectivity index (χ0n) is 12.7. The van der Waals surface area contributed by atoms with Crippen molar-refractivity contribution in [3.8, 4) is 5.75 Å². The summed E-state index contributed by atoms with van der Waals surface area (Å²) >= 11 is 1.21. The molecule has 3 N–H and O–H groups in total. The van der Waals surface area contributed by atoms with Gasteiger partial charge in [0.2, 0.25) is 5.13 Å². The monoisotopic (exact) mass is 380 g/mol. The molecule has 0 saturated carbocycles. The van der Waals surface area contributed by atoms with Crippen LogP contribution in [0.4, 0.5) is 15.2 Å². The third-order valence-corrected chi connectivity index (χ3v) is 5.20. The summed E-state index contributed by atoms with van der Waals surface area (Å²) in [5, 5.41) is 8.47. The lowest BCUT2D eigenvalue weighted by atomic mass is 10.3. The molecule has 25 heavy (non-hydrogen) atoms. The fourth-order valence-electron chi connectivity index (χ4n) is 1.92. The van der Waals surface area contributed by atoms with Gasteiger partial charge in [-0.15, -0.1) is 10.2 Å². The van der Waals surface area contributed by atoms with Gasteiger partial charge in [0.25, 0.3) is 10.0 Å². The zero-order valence-corrected chi connectivity index (χ0v) is 14.3. The van der Waals surface area contributed by atoms with Gasteiger partial charge in [-0.05, 0) is 48.5 Å². The summed E-state index contributed by atoms with van der Waals surface area (Å²) in [5.74, 6) is 0.0381. The van der Waals surface area contributed by atoms with E-state index in [9.17, 15) is 12.8 Å². The second-order valence-corrected chi connectivity index (χ2v) is 7.68. The van der Waals surface area contributed by atoms with Crippen LogP contribution >= 0.6 is 11.3 Å². The van der Waals surface area contributed by atoms with Gasteiger partial charge in [0.15, 0.2) is 5.01 Å². The van der Waals surface area contributed by atoms with Crippen molar-refractivity contribution in [3.63, 3.8) is 0 Å². The molecule has 0 amide bonds. The van der Waals surface area contributed by atoms with Gasteiger partial charge in [-0.25, -0.2) is 12.8 Å². The molecule has 0 saturated heterocycles. The minimum atomic E-state index is -3.77. The number of nitrogens with one attached hydrogen (secondary N) is 1. The number of nitrogens with two attached hydrogens (primary N) is 1. The standard InChI is InChI=1S/C15H13FN4O3S2/c16-10-1-3-11(4-2-10)20-25(21,22)13-7-5-12(6-8-13)23-9-14-18-19-15(17)24-14/h1-8,20H,9H2,(H2,17,19).